The Kier molecular flexibility index (Phi) is 10.0. The largest absolute Gasteiger partial charge is 0.493 e. The fraction of sp³-hybridized carbons (Fsp3) is 0.667. The lowest BCUT2D eigenvalue weighted by Crippen LogP contribution is -2.62. The maximum absolute atomic E-state index is 14.0. The van der Waals surface area contributed by atoms with Gasteiger partial charge in [0, 0.05) is 38.2 Å². The van der Waals surface area contributed by atoms with E-state index in [1.165, 1.54) is 18.9 Å². The molecule has 244 valence electrons. The van der Waals surface area contributed by atoms with E-state index in [2.05, 4.69) is 10.6 Å². The molecule has 44 heavy (non-hydrogen) atoms. The van der Waals surface area contributed by atoms with E-state index in [0.29, 0.717) is 31.6 Å². The lowest BCUT2D eigenvalue weighted by molar-refractivity contribution is -0.155. The smallest absolute Gasteiger partial charge is 0.410 e. The highest BCUT2D eigenvalue weighted by molar-refractivity contribution is 5.94. The Bertz CT molecular complexity index is 1240. The molecule has 0 bridgehead atoms. The van der Waals surface area contributed by atoms with E-state index >= 15 is 0 Å². The van der Waals surface area contributed by atoms with Crippen LogP contribution in [-0.2, 0) is 19.1 Å². The van der Waals surface area contributed by atoms with E-state index in [1.807, 2.05) is 24.3 Å². The molecule has 1 aromatic carbocycles. The Morgan fingerprint density at radius 1 is 1.07 bits per heavy atom. The highest BCUT2D eigenvalue weighted by Crippen LogP contribution is 2.34. The summed E-state index contributed by atoms with van der Waals surface area (Å²) in [4.78, 5) is 57.1. The number of fused-ring (bicyclic) bond motifs is 2. The van der Waals surface area contributed by atoms with E-state index in [-0.39, 0.29) is 24.9 Å². The molecule has 2 saturated heterocycles. The molecule has 0 aromatic heterocycles. The summed E-state index contributed by atoms with van der Waals surface area (Å²) in [5.74, 6) is -1.06. The molecule has 0 unspecified atom stereocenters. The van der Waals surface area contributed by atoms with Crippen LogP contribution in [0.4, 0.5) is 18.0 Å². The first kappa shape index (κ1) is 33.3. The molecular weight excluding hydrogens is 583 g/mol. The maximum Gasteiger partial charge on any atom is 0.410 e. The van der Waals surface area contributed by atoms with Crippen molar-refractivity contribution in [2.45, 2.75) is 95.4 Å². The molecular formula is C30H42F3N5O6. The van der Waals surface area contributed by atoms with E-state index in [0.717, 1.165) is 15.4 Å². The molecule has 4 rings (SSSR count). The van der Waals surface area contributed by atoms with Crippen molar-refractivity contribution in [2.24, 2.45) is 0 Å². The fourth-order valence-corrected chi connectivity index (χ4v) is 5.92. The first-order chi connectivity index (χ1) is 20.5. The summed E-state index contributed by atoms with van der Waals surface area (Å²) in [5, 5.41) is 5.63. The van der Waals surface area contributed by atoms with Crippen molar-refractivity contribution < 1.29 is 41.8 Å². The van der Waals surface area contributed by atoms with Crippen LogP contribution in [0.3, 0.4) is 0 Å². The average molecular weight is 626 g/mol. The number of likely N-dealkylation sites (N-methyl/N-ethyl adjacent to an activating group) is 1. The number of alkyl halides is 3. The number of nitrogens with one attached hydrogen (secondary N) is 2. The number of hydrogen-bond acceptors (Lipinski definition) is 7. The predicted molar refractivity (Wildman–Crippen MR) is 154 cm³/mol. The second kappa shape index (κ2) is 13.2. The molecule has 3 heterocycles. The van der Waals surface area contributed by atoms with Crippen LogP contribution >= 0.6 is 0 Å². The lowest BCUT2D eigenvalue weighted by atomic mass is 10.00. The van der Waals surface area contributed by atoms with Gasteiger partial charge in [-0.15, -0.1) is 0 Å². The topological polar surface area (TPSA) is 121 Å². The van der Waals surface area contributed by atoms with E-state index in [9.17, 15) is 32.3 Å². The number of hydrogen-bond donors (Lipinski definition) is 2. The fourth-order valence-electron chi connectivity index (χ4n) is 5.92. The van der Waals surface area contributed by atoms with Crippen LogP contribution in [-0.4, -0.2) is 108 Å². The van der Waals surface area contributed by atoms with Gasteiger partial charge in [-0.2, -0.15) is 13.2 Å². The predicted octanol–water partition coefficient (Wildman–Crippen LogP) is 2.99. The van der Waals surface area contributed by atoms with Crippen LogP contribution in [0.25, 0.3) is 0 Å². The van der Waals surface area contributed by atoms with Gasteiger partial charge >= 0.3 is 12.3 Å². The Hall–Kier alpha value is -3.55. The second-order valence-electron chi connectivity index (χ2n) is 12.7. The number of carbonyl (C=O) groups is 4. The van der Waals surface area contributed by atoms with Gasteiger partial charge in [-0.1, -0.05) is 18.2 Å². The molecule has 3 aliphatic rings. The summed E-state index contributed by atoms with van der Waals surface area (Å²) in [6.07, 6.45) is -3.71. The summed E-state index contributed by atoms with van der Waals surface area (Å²) in [6.45, 7) is 5.23. The summed E-state index contributed by atoms with van der Waals surface area (Å²) in [6, 6.07) is 3.26. The lowest BCUT2D eigenvalue weighted by Gasteiger charge is -2.39. The third-order valence-electron chi connectivity index (χ3n) is 8.21. The Balaban J connectivity index is 1.53. The first-order valence-corrected chi connectivity index (χ1v) is 14.9. The highest BCUT2D eigenvalue weighted by Gasteiger charge is 2.46. The van der Waals surface area contributed by atoms with Crippen LogP contribution in [0.5, 0.6) is 5.75 Å². The zero-order chi connectivity index (χ0) is 32.4. The standard InChI is InChI=1S/C30H42F3N5O6/c1-18(36(5)28(42)44-29(2,3)4)25(39)35-22-16-37(17-30(31,32)33)14-12-19-10-11-23(38(19)27(22)41)26(40)34-21-13-15-43-24-9-7-6-8-20(21)24/h6-9,18-19,21-23H,10-17H2,1-5H3,(H,34,40)(H,35,39)/t18-,19+,21+,22-,23-/m0/s1. The van der Waals surface area contributed by atoms with Crippen LogP contribution in [0, 0.1) is 0 Å². The minimum absolute atomic E-state index is 0.0232. The number of amides is 4. The zero-order valence-electron chi connectivity index (χ0n) is 25.8. The van der Waals surface area contributed by atoms with Gasteiger partial charge in [0.25, 0.3) is 0 Å². The SMILES string of the molecule is C[C@@H](C(=O)N[C@H]1CN(CC(F)(F)F)CC[C@H]2CC[C@@H](C(=O)N[C@@H]3CCOc4ccccc43)N2C1=O)N(C)C(=O)OC(C)(C)C. The van der Waals surface area contributed by atoms with Gasteiger partial charge in [-0.3, -0.25) is 24.2 Å². The minimum atomic E-state index is -4.52. The first-order valence-electron chi connectivity index (χ1n) is 14.9. The van der Waals surface area contributed by atoms with E-state index in [4.69, 9.17) is 9.47 Å². The number of halogens is 3. The molecule has 0 radical (unpaired) electrons. The van der Waals surface area contributed by atoms with Gasteiger partial charge in [0.2, 0.25) is 17.7 Å². The third kappa shape index (κ3) is 8.13. The van der Waals surface area contributed by atoms with E-state index in [1.54, 1.807) is 20.8 Å². The number of ether oxygens (including phenoxy) is 2. The summed E-state index contributed by atoms with van der Waals surface area (Å²) >= 11 is 0. The molecule has 4 amide bonds. The Morgan fingerprint density at radius 2 is 1.77 bits per heavy atom. The summed E-state index contributed by atoms with van der Waals surface area (Å²) in [5.41, 5.74) is 0.0130. The van der Waals surface area contributed by atoms with Gasteiger partial charge in [-0.05, 0) is 53.0 Å². The quantitative estimate of drug-likeness (QED) is 0.499. The van der Waals surface area contributed by atoms with Crippen LogP contribution in [0.1, 0.15) is 65.0 Å². The van der Waals surface area contributed by atoms with Crippen molar-refractivity contribution in [1.29, 1.82) is 0 Å². The molecule has 2 N–H and O–H groups in total. The van der Waals surface area contributed by atoms with Crippen molar-refractivity contribution in [3.05, 3.63) is 29.8 Å². The Morgan fingerprint density at radius 3 is 2.45 bits per heavy atom. The van der Waals surface area contributed by atoms with Crippen molar-refractivity contribution in [1.82, 2.24) is 25.3 Å². The van der Waals surface area contributed by atoms with Gasteiger partial charge in [0.15, 0.2) is 0 Å². The van der Waals surface area contributed by atoms with Gasteiger partial charge in [-0.25, -0.2) is 4.79 Å². The molecule has 1 aromatic rings. The van der Waals surface area contributed by atoms with Crippen LogP contribution in [0.2, 0.25) is 0 Å². The highest BCUT2D eigenvalue weighted by atomic mass is 19.4. The van der Waals surface area contributed by atoms with E-state index < -0.39 is 66.9 Å². The van der Waals surface area contributed by atoms with Crippen molar-refractivity contribution in [2.75, 3.05) is 33.3 Å². The summed E-state index contributed by atoms with van der Waals surface area (Å²) < 4.78 is 51.3. The third-order valence-corrected chi connectivity index (χ3v) is 8.21. The normalized spacial score (nSPS) is 25.0. The average Bonchev–Trinajstić information content (AvgIpc) is 3.36. The van der Waals surface area contributed by atoms with Crippen LogP contribution in [0.15, 0.2) is 24.3 Å². The molecule has 0 aliphatic carbocycles. The monoisotopic (exact) mass is 625 g/mol. The Labute approximate surface area is 255 Å². The number of carbonyl (C=O) groups excluding carboxylic acids is 4. The molecule has 0 spiro atoms. The molecule has 2 fully saturated rings. The maximum atomic E-state index is 14.0. The number of nitrogens with zero attached hydrogens (tertiary/aromatic N) is 3. The van der Waals surface area contributed by atoms with Crippen LogP contribution < -0.4 is 15.4 Å². The van der Waals surface area contributed by atoms with Crippen molar-refractivity contribution >= 4 is 23.8 Å². The van der Waals surface area contributed by atoms with Gasteiger partial charge < -0.3 is 25.0 Å². The summed E-state index contributed by atoms with van der Waals surface area (Å²) in [7, 11) is 1.36. The molecule has 0 saturated carbocycles. The molecule has 14 heteroatoms. The number of benzene rings is 1. The van der Waals surface area contributed by atoms with Crippen molar-refractivity contribution in [3.63, 3.8) is 0 Å². The molecule has 11 nitrogen and oxygen atoms in total. The van der Waals surface area contributed by atoms with Crippen molar-refractivity contribution in [3.8, 4) is 5.75 Å². The molecule has 5 atom stereocenters. The minimum Gasteiger partial charge on any atom is -0.493 e. The van der Waals surface area contributed by atoms with Gasteiger partial charge in [0.05, 0.1) is 19.2 Å². The van der Waals surface area contributed by atoms with Gasteiger partial charge in [0.1, 0.15) is 29.5 Å². The second-order valence-corrected chi connectivity index (χ2v) is 12.7. The number of para-hydroxylation sites is 1. The zero-order valence-corrected chi connectivity index (χ0v) is 25.8. The number of rotatable bonds is 6. The molecule has 3 aliphatic heterocycles.